The van der Waals surface area contributed by atoms with E-state index < -0.39 is 0 Å². The summed E-state index contributed by atoms with van der Waals surface area (Å²) in [6.07, 6.45) is 11.4. The van der Waals surface area contributed by atoms with Crippen molar-refractivity contribution in [2.75, 3.05) is 0 Å². The Bertz CT molecular complexity index is 705. The zero-order valence-electron chi connectivity index (χ0n) is 13.2. The molecule has 22 heavy (non-hydrogen) atoms. The van der Waals surface area contributed by atoms with E-state index >= 15 is 0 Å². The predicted molar refractivity (Wildman–Crippen MR) is 92.4 cm³/mol. The molecule has 3 nitrogen and oxygen atoms in total. The van der Waals surface area contributed by atoms with Gasteiger partial charge >= 0.3 is 0 Å². The quantitative estimate of drug-likeness (QED) is 0.451. The second-order valence-electron chi connectivity index (χ2n) is 6.90. The molecule has 116 valence electrons. The van der Waals surface area contributed by atoms with E-state index in [-0.39, 0.29) is 0 Å². The van der Waals surface area contributed by atoms with Crippen molar-refractivity contribution in [3.8, 4) is 0 Å². The first kappa shape index (κ1) is 13.9. The Labute approximate surface area is 132 Å². The van der Waals surface area contributed by atoms with E-state index in [9.17, 15) is 0 Å². The van der Waals surface area contributed by atoms with Crippen molar-refractivity contribution < 1.29 is 0 Å². The first-order chi connectivity index (χ1) is 10.9. The van der Waals surface area contributed by atoms with Crippen molar-refractivity contribution in [2.45, 2.75) is 63.7 Å². The monoisotopic (exact) mass is 295 g/mol. The standard InChI is InChI=1S/C19H25N3/c20-22-18-9-5-4-8-15-16-12-14(13-6-2-1-3-7-13)10-11-17(16)21-19(15)18/h10-13,21H,1-9,20H2. The van der Waals surface area contributed by atoms with E-state index in [0.717, 1.165) is 24.5 Å². The Morgan fingerprint density at radius 2 is 1.82 bits per heavy atom. The molecule has 1 saturated carbocycles. The lowest BCUT2D eigenvalue weighted by atomic mass is 9.83. The summed E-state index contributed by atoms with van der Waals surface area (Å²) in [4.78, 5) is 3.58. The lowest BCUT2D eigenvalue weighted by Gasteiger charge is -2.22. The highest BCUT2D eigenvalue weighted by Gasteiger charge is 2.21. The van der Waals surface area contributed by atoms with Gasteiger partial charge in [0.25, 0.3) is 0 Å². The Hall–Kier alpha value is -1.77. The molecule has 0 saturated heterocycles. The molecule has 0 bridgehead atoms. The van der Waals surface area contributed by atoms with Gasteiger partial charge in [0.05, 0.1) is 11.4 Å². The number of rotatable bonds is 1. The smallest absolute Gasteiger partial charge is 0.0837 e. The van der Waals surface area contributed by atoms with Gasteiger partial charge in [-0.15, -0.1) is 0 Å². The molecule has 3 heteroatoms. The number of nitrogens with two attached hydrogens (primary N) is 1. The summed E-state index contributed by atoms with van der Waals surface area (Å²) in [5.41, 5.74) is 6.45. The summed E-state index contributed by atoms with van der Waals surface area (Å²) < 4.78 is 0. The average Bonchev–Trinajstić information content (AvgIpc) is 2.81. The Morgan fingerprint density at radius 3 is 2.64 bits per heavy atom. The zero-order chi connectivity index (χ0) is 14.9. The molecule has 1 aromatic heterocycles. The summed E-state index contributed by atoms with van der Waals surface area (Å²) in [6, 6.07) is 7.04. The van der Waals surface area contributed by atoms with Crippen LogP contribution in [-0.2, 0) is 6.42 Å². The Morgan fingerprint density at radius 1 is 1.00 bits per heavy atom. The highest BCUT2D eigenvalue weighted by molar-refractivity contribution is 6.05. The van der Waals surface area contributed by atoms with Crippen molar-refractivity contribution in [1.29, 1.82) is 0 Å². The average molecular weight is 295 g/mol. The van der Waals surface area contributed by atoms with Gasteiger partial charge in [-0.2, -0.15) is 5.10 Å². The third kappa shape index (κ3) is 2.33. The van der Waals surface area contributed by atoms with Crippen molar-refractivity contribution >= 4 is 16.6 Å². The molecule has 1 fully saturated rings. The Balaban J connectivity index is 1.80. The van der Waals surface area contributed by atoms with Crippen molar-refractivity contribution in [3.63, 3.8) is 0 Å². The number of benzene rings is 1. The first-order valence-corrected chi connectivity index (χ1v) is 8.78. The number of hydrogen-bond acceptors (Lipinski definition) is 2. The van der Waals surface area contributed by atoms with Crippen LogP contribution in [0.15, 0.2) is 23.3 Å². The minimum absolute atomic E-state index is 0.761. The van der Waals surface area contributed by atoms with Gasteiger partial charge in [0.1, 0.15) is 0 Å². The van der Waals surface area contributed by atoms with Gasteiger partial charge in [0.2, 0.25) is 0 Å². The molecule has 0 unspecified atom stereocenters. The highest BCUT2D eigenvalue weighted by Crippen LogP contribution is 2.36. The molecular formula is C19H25N3. The maximum absolute atomic E-state index is 5.62. The topological polar surface area (TPSA) is 54.2 Å². The number of hydrogen-bond donors (Lipinski definition) is 2. The van der Waals surface area contributed by atoms with Crippen molar-refractivity contribution in [1.82, 2.24) is 4.98 Å². The largest absolute Gasteiger partial charge is 0.353 e. The molecule has 0 aliphatic heterocycles. The molecule has 1 heterocycles. The van der Waals surface area contributed by atoms with E-state index in [1.807, 2.05) is 0 Å². The molecule has 4 rings (SSSR count). The van der Waals surface area contributed by atoms with E-state index in [1.54, 1.807) is 0 Å². The molecular weight excluding hydrogens is 270 g/mol. The van der Waals surface area contributed by atoms with Gasteiger partial charge in [-0.25, -0.2) is 0 Å². The summed E-state index contributed by atoms with van der Waals surface area (Å²) >= 11 is 0. The minimum atomic E-state index is 0.761. The van der Waals surface area contributed by atoms with Crippen LogP contribution < -0.4 is 5.84 Å². The van der Waals surface area contributed by atoms with E-state index in [1.165, 1.54) is 72.7 Å². The van der Waals surface area contributed by atoms with Gasteiger partial charge in [0, 0.05) is 10.9 Å². The first-order valence-electron chi connectivity index (χ1n) is 8.78. The van der Waals surface area contributed by atoms with Crippen LogP contribution in [0.2, 0.25) is 0 Å². The van der Waals surface area contributed by atoms with E-state index in [2.05, 4.69) is 28.3 Å². The van der Waals surface area contributed by atoms with Crippen LogP contribution in [0.3, 0.4) is 0 Å². The lowest BCUT2D eigenvalue weighted by Crippen LogP contribution is -2.05. The molecule has 2 aliphatic carbocycles. The van der Waals surface area contributed by atoms with Gasteiger partial charge in [-0.1, -0.05) is 25.3 Å². The summed E-state index contributed by atoms with van der Waals surface area (Å²) in [5.74, 6) is 6.39. The van der Waals surface area contributed by atoms with E-state index in [4.69, 9.17) is 5.84 Å². The van der Waals surface area contributed by atoms with Crippen LogP contribution in [-0.4, -0.2) is 10.7 Å². The second kappa shape index (κ2) is 5.79. The number of aryl methyl sites for hydroxylation is 1. The van der Waals surface area contributed by atoms with Crippen LogP contribution in [0, 0.1) is 0 Å². The minimum Gasteiger partial charge on any atom is -0.353 e. The maximum atomic E-state index is 5.62. The summed E-state index contributed by atoms with van der Waals surface area (Å²) in [7, 11) is 0. The lowest BCUT2D eigenvalue weighted by molar-refractivity contribution is 0.444. The number of nitrogens with zero attached hydrogens (tertiary/aromatic N) is 1. The van der Waals surface area contributed by atoms with Crippen molar-refractivity contribution in [3.05, 3.63) is 35.0 Å². The van der Waals surface area contributed by atoms with Crippen LogP contribution in [0.5, 0.6) is 0 Å². The second-order valence-corrected chi connectivity index (χ2v) is 6.90. The maximum Gasteiger partial charge on any atom is 0.0837 e. The number of aromatic nitrogens is 1. The molecule has 0 radical (unpaired) electrons. The van der Waals surface area contributed by atoms with E-state index in [0.29, 0.717) is 0 Å². The number of nitrogens with one attached hydrogen (secondary N) is 1. The summed E-state index contributed by atoms with van der Waals surface area (Å²) in [6.45, 7) is 0. The molecule has 0 amide bonds. The van der Waals surface area contributed by atoms with Gasteiger partial charge in [-0.3, -0.25) is 0 Å². The Kier molecular flexibility index (Phi) is 3.65. The third-order valence-corrected chi connectivity index (χ3v) is 5.54. The molecule has 2 aliphatic rings. The van der Waals surface area contributed by atoms with Crippen LogP contribution in [0.4, 0.5) is 0 Å². The van der Waals surface area contributed by atoms with Crippen molar-refractivity contribution in [2.24, 2.45) is 10.9 Å². The predicted octanol–water partition coefficient (Wildman–Crippen LogP) is 4.60. The van der Waals surface area contributed by atoms with Gasteiger partial charge in [0.15, 0.2) is 0 Å². The summed E-state index contributed by atoms with van der Waals surface area (Å²) in [5, 5.41) is 5.45. The number of H-pyrrole nitrogens is 1. The van der Waals surface area contributed by atoms with Crippen LogP contribution in [0.25, 0.3) is 10.9 Å². The van der Waals surface area contributed by atoms with Gasteiger partial charge < -0.3 is 10.8 Å². The molecule has 0 spiro atoms. The molecule has 2 aromatic rings. The van der Waals surface area contributed by atoms with Crippen LogP contribution >= 0.6 is 0 Å². The normalized spacial score (nSPS) is 21.9. The number of hydrazone groups is 1. The number of fused-ring (bicyclic) bond motifs is 3. The zero-order valence-corrected chi connectivity index (χ0v) is 13.2. The van der Waals surface area contributed by atoms with Crippen LogP contribution in [0.1, 0.15) is 74.1 Å². The molecule has 3 N–H and O–H groups in total. The fraction of sp³-hybridized carbons (Fsp3) is 0.526. The van der Waals surface area contributed by atoms with Gasteiger partial charge in [-0.05, 0) is 67.7 Å². The molecule has 0 atom stereocenters. The fourth-order valence-corrected chi connectivity index (χ4v) is 4.31. The highest BCUT2D eigenvalue weighted by atomic mass is 15.1. The number of aromatic amines is 1. The SMILES string of the molecule is NN=C1CCCCc2c1[nH]c1ccc(C3CCCCC3)cc21. The third-order valence-electron chi connectivity index (χ3n) is 5.54. The fourth-order valence-electron chi connectivity index (χ4n) is 4.31. The molecule has 1 aromatic carbocycles.